The summed E-state index contributed by atoms with van der Waals surface area (Å²) in [5.74, 6) is 0.273. The summed E-state index contributed by atoms with van der Waals surface area (Å²) in [6.45, 7) is -0.241. The first-order valence-electron chi connectivity index (χ1n) is 7.43. The fourth-order valence-electron chi connectivity index (χ4n) is 2.07. The van der Waals surface area contributed by atoms with Crippen LogP contribution in [0.5, 0.6) is 11.5 Å². The van der Waals surface area contributed by atoms with Crippen molar-refractivity contribution in [2.75, 3.05) is 20.8 Å². The molecule has 0 radical (unpaired) electrons. The van der Waals surface area contributed by atoms with Crippen LogP contribution in [0.2, 0.25) is 5.02 Å². The first-order chi connectivity index (χ1) is 12.0. The molecule has 25 heavy (non-hydrogen) atoms. The number of nitrogens with one attached hydrogen (secondary N) is 1. The van der Waals surface area contributed by atoms with Crippen LogP contribution in [0.15, 0.2) is 42.5 Å². The number of esters is 1. The van der Waals surface area contributed by atoms with Gasteiger partial charge in [-0.2, -0.15) is 0 Å². The van der Waals surface area contributed by atoms with Crippen molar-refractivity contribution < 1.29 is 23.8 Å². The van der Waals surface area contributed by atoms with Crippen LogP contribution in [0, 0.1) is 0 Å². The van der Waals surface area contributed by atoms with Gasteiger partial charge in [0, 0.05) is 16.1 Å². The monoisotopic (exact) mass is 363 g/mol. The van der Waals surface area contributed by atoms with Crippen molar-refractivity contribution in [3.63, 3.8) is 0 Å². The third kappa shape index (κ3) is 5.39. The van der Waals surface area contributed by atoms with Crippen LogP contribution in [-0.2, 0) is 16.1 Å². The van der Waals surface area contributed by atoms with E-state index in [1.807, 2.05) is 0 Å². The van der Waals surface area contributed by atoms with Crippen molar-refractivity contribution in [3.8, 4) is 11.5 Å². The first-order valence-corrected chi connectivity index (χ1v) is 7.81. The van der Waals surface area contributed by atoms with Gasteiger partial charge in [-0.1, -0.05) is 11.6 Å². The molecule has 0 aromatic heterocycles. The van der Waals surface area contributed by atoms with Gasteiger partial charge in [-0.3, -0.25) is 9.59 Å². The van der Waals surface area contributed by atoms with Gasteiger partial charge < -0.3 is 19.5 Å². The average Bonchev–Trinajstić information content (AvgIpc) is 2.64. The summed E-state index contributed by atoms with van der Waals surface area (Å²) in [5, 5.41) is 3.01. The van der Waals surface area contributed by atoms with E-state index in [0.29, 0.717) is 27.6 Å². The molecule has 2 aromatic carbocycles. The standard InChI is InChI=1S/C18H18ClNO5/c1-23-15-6-3-12(4-7-15)18(22)20-10-17(21)25-11-13-9-14(19)5-8-16(13)24-2/h3-9H,10-11H2,1-2H3,(H,20,22). The number of benzene rings is 2. The Balaban J connectivity index is 1.84. The molecule has 0 heterocycles. The van der Waals surface area contributed by atoms with Gasteiger partial charge in [-0.25, -0.2) is 0 Å². The Bertz CT molecular complexity index is 746. The molecular weight excluding hydrogens is 346 g/mol. The number of carbonyl (C=O) groups is 2. The maximum absolute atomic E-state index is 12.0. The molecule has 0 saturated heterocycles. The lowest BCUT2D eigenvalue weighted by atomic mass is 10.2. The summed E-state index contributed by atoms with van der Waals surface area (Å²) in [4.78, 5) is 23.8. The molecule has 0 aliphatic rings. The number of methoxy groups -OCH3 is 2. The lowest BCUT2D eigenvalue weighted by Crippen LogP contribution is -2.30. The maximum Gasteiger partial charge on any atom is 0.325 e. The molecular formula is C18H18ClNO5. The number of hydrogen-bond donors (Lipinski definition) is 1. The van der Waals surface area contributed by atoms with Gasteiger partial charge in [-0.05, 0) is 42.5 Å². The van der Waals surface area contributed by atoms with Crippen LogP contribution in [0.3, 0.4) is 0 Å². The molecule has 0 atom stereocenters. The Morgan fingerprint density at radius 2 is 1.76 bits per heavy atom. The van der Waals surface area contributed by atoms with Gasteiger partial charge in [0.15, 0.2) is 0 Å². The number of ether oxygens (including phenoxy) is 3. The van der Waals surface area contributed by atoms with E-state index in [2.05, 4.69) is 5.32 Å². The van der Waals surface area contributed by atoms with E-state index in [4.69, 9.17) is 25.8 Å². The Kier molecular flexibility index (Phi) is 6.65. The largest absolute Gasteiger partial charge is 0.497 e. The summed E-state index contributed by atoms with van der Waals surface area (Å²) in [6.07, 6.45) is 0. The second-order valence-corrected chi connectivity index (χ2v) is 5.46. The highest BCUT2D eigenvalue weighted by atomic mass is 35.5. The molecule has 0 aliphatic heterocycles. The SMILES string of the molecule is COc1ccc(C(=O)NCC(=O)OCc2cc(Cl)ccc2OC)cc1. The molecule has 1 N–H and O–H groups in total. The van der Waals surface area contributed by atoms with Gasteiger partial charge in [0.2, 0.25) is 0 Å². The number of carbonyl (C=O) groups excluding carboxylic acids is 2. The zero-order valence-corrected chi connectivity index (χ0v) is 14.6. The van der Waals surface area contributed by atoms with E-state index in [0.717, 1.165) is 0 Å². The van der Waals surface area contributed by atoms with Gasteiger partial charge in [0.25, 0.3) is 5.91 Å². The lowest BCUT2D eigenvalue weighted by Gasteiger charge is -2.10. The quantitative estimate of drug-likeness (QED) is 0.766. The van der Waals surface area contributed by atoms with Crippen LogP contribution >= 0.6 is 11.6 Å². The molecule has 0 spiro atoms. The highest BCUT2D eigenvalue weighted by Crippen LogP contribution is 2.23. The van der Waals surface area contributed by atoms with Crippen LogP contribution in [0.1, 0.15) is 15.9 Å². The minimum Gasteiger partial charge on any atom is -0.497 e. The zero-order valence-electron chi connectivity index (χ0n) is 13.9. The van der Waals surface area contributed by atoms with Gasteiger partial charge in [0.05, 0.1) is 14.2 Å². The number of hydrogen-bond acceptors (Lipinski definition) is 5. The molecule has 132 valence electrons. The third-order valence-electron chi connectivity index (χ3n) is 3.38. The van der Waals surface area contributed by atoms with Crippen molar-refractivity contribution >= 4 is 23.5 Å². The molecule has 0 fully saturated rings. The van der Waals surface area contributed by atoms with E-state index in [-0.39, 0.29) is 19.1 Å². The minimum absolute atomic E-state index is 0.000965. The molecule has 2 aromatic rings. The minimum atomic E-state index is -0.566. The number of amides is 1. The molecule has 2 rings (SSSR count). The van der Waals surface area contributed by atoms with Crippen LogP contribution < -0.4 is 14.8 Å². The first kappa shape index (κ1) is 18.6. The topological polar surface area (TPSA) is 73.9 Å². The van der Waals surface area contributed by atoms with Crippen LogP contribution in [0.4, 0.5) is 0 Å². The molecule has 0 bridgehead atoms. The van der Waals surface area contributed by atoms with E-state index in [1.165, 1.54) is 7.11 Å². The molecule has 1 amide bonds. The summed E-state index contributed by atoms with van der Waals surface area (Å²) in [5.41, 5.74) is 1.06. The predicted octanol–water partition coefficient (Wildman–Crippen LogP) is 2.83. The second kappa shape index (κ2) is 8.94. The maximum atomic E-state index is 12.0. The smallest absolute Gasteiger partial charge is 0.325 e. The van der Waals surface area contributed by atoms with Crippen molar-refractivity contribution in [2.24, 2.45) is 0 Å². The summed E-state index contributed by atoms with van der Waals surface area (Å²) in [6, 6.07) is 11.6. The van der Waals surface area contributed by atoms with Crippen molar-refractivity contribution in [1.82, 2.24) is 5.32 Å². The predicted molar refractivity (Wildman–Crippen MR) is 93.1 cm³/mol. The van der Waals surface area contributed by atoms with Crippen LogP contribution in [0.25, 0.3) is 0 Å². The molecule has 0 unspecified atom stereocenters. The van der Waals surface area contributed by atoms with Crippen LogP contribution in [-0.4, -0.2) is 32.6 Å². The third-order valence-corrected chi connectivity index (χ3v) is 3.61. The summed E-state index contributed by atoms with van der Waals surface area (Å²) < 4.78 is 15.3. The van der Waals surface area contributed by atoms with E-state index < -0.39 is 5.97 Å². The van der Waals surface area contributed by atoms with Crippen molar-refractivity contribution in [3.05, 3.63) is 58.6 Å². The number of rotatable bonds is 7. The number of halogens is 1. The van der Waals surface area contributed by atoms with Gasteiger partial charge in [-0.15, -0.1) is 0 Å². The van der Waals surface area contributed by atoms with Crippen molar-refractivity contribution in [2.45, 2.75) is 6.61 Å². The molecule has 7 heteroatoms. The average molecular weight is 364 g/mol. The van der Waals surface area contributed by atoms with E-state index in [1.54, 1.807) is 49.6 Å². The highest BCUT2D eigenvalue weighted by molar-refractivity contribution is 6.30. The zero-order chi connectivity index (χ0) is 18.2. The Hall–Kier alpha value is -2.73. The fraction of sp³-hybridized carbons (Fsp3) is 0.222. The normalized spacial score (nSPS) is 10.0. The second-order valence-electron chi connectivity index (χ2n) is 5.03. The summed E-state index contributed by atoms with van der Waals surface area (Å²) >= 11 is 5.92. The lowest BCUT2D eigenvalue weighted by molar-refractivity contribution is -0.143. The Morgan fingerprint density at radius 3 is 2.40 bits per heavy atom. The Morgan fingerprint density at radius 1 is 1.04 bits per heavy atom. The van der Waals surface area contributed by atoms with E-state index in [9.17, 15) is 9.59 Å². The fourth-order valence-corrected chi connectivity index (χ4v) is 2.26. The molecule has 0 aliphatic carbocycles. The van der Waals surface area contributed by atoms with E-state index >= 15 is 0 Å². The molecule has 0 saturated carbocycles. The Labute approximate surface area is 150 Å². The highest BCUT2D eigenvalue weighted by Gasteiger charge is 2.11. The van der Waals surface area contributed by atoms with Gasteiger partial charge in [0.1, 0.15) is 24.7 Å². The van der Waals surface area contributed by atoms with Crippen molar-refractivity contribution in [1.29, 1.82) is 0 Å². The summed E-state index contributed by atoms with van der Waals surface area (Å²) in [7, 11) is 3.06. The molecule has 6 nitrogen and oxygen atoms in total. The van der Waals surface area contributed by atoms with Gasteiger partial charge >= 0.3 is 5.97 Å².